The Labute approximate surface area is 88.1 Å². The third kappa shape index (κ3) is 2.05. The molecule has 2 amide bonds. The van der Waals surface area contributed by atoms with E-state index in [9.17, 15) is 4.79 Å². The molecule has 7 nitrogen and oxygen atoms in total. The molecule has 1 heterocycles. The monoisotopic (exact) mass is 220 g/mol. The van der Waals surface area contributed by atoms with Crippen LogP contribution >= 0.6 is 0 Å². The molecular formula is C8H16N2O5. The van der Waals surface area contributed by atoms with Crippen LogP contribution in [0.15, 0.2) is 0 Å². The van der Waals surface area contributed by atoms with Crippen LogP contribution in [-0.2, 0) is 14.2 Å². The minimum Gasteiger partial charge on any atom is -0.376 e. The molecule has 2 unspecified atom stereocenters. The average molecular weight is 220 g/mol. The highest BCUT2D eigenvalue weighted by Gasteiger charge is 2.46. The Morgan fingerprint density at radius 3 is 2.13 bits per heavy atom. The van der Waals surface area contributed by atoms with E-state index in [-0.39, 0.29) is 12.8 Å². The molecule has 1 saturated heterocycles. The summed E-state index contributed by atoms with van der Waals surface area (Å²) in [6.07, 6.45) is -1.20. The highest BCUT2D eigenvalue weighted by atomic mass is 16.6. The summed E-state index contributed by atoms with van der Waals surface area (Å²) in [5.74, 6) is 0. The Balaban J connectivity index is 2.84. The van der Waals surface area contributed by atoms with E-state index >= 15 is 0 Å². The summed E-state index contributed by atoms with van der Waals surface area (Å²) in [6, 6.07) is -0.377. The molecule has 1 aliphatic heterocycles. The molecule has 88 valence electrons. The van der Waals surface area contributed by atoms with Crippen LogP contribution in [0.5, 0.6) is 0 Å². The minimum absolute atomic E-state index is 0.0910. The van der Waals surface area contributed by atoms with Crippen molar-refractivity contribution >= 4 is 6.03 Å². The summed E-state index contributed by atoms with van der Waals surface area (Å²) < 4.78 is 15.1. The zero-order chi connectivity index (χ0) is 11.4. The second-order valence-corrected chi connectivity index (χ2v) is 3.03. The summed E-state index contributed by atoms with van der Waals surface area (Å²) in [5, 5.41) is 9.04. The van der Waals surface area contributed by atoms with Gasteiger partial charge < -0.3 is 19.3 Å². The first kappa shape index (κ1) is 12.2. The van der Waals surface area contributed by atoms with E-state index in [4.69, 9.17) is 19.3 Å². The number of aliphatic hydroxyl groups is 1. The number of aliphatic hydroxyl groups excluding tert-OH is 1. The number of rotatable bonds is 5. The Bertz CT molecular complexity index is 225. The highest BCUT2D eigenvalue weighted by molar-refractivity contribution is 5.77. The predicted molar refractivity (Wildman–Crippen MR) is 49.6 cm³/mol. The Morgan fingerprint density at radius 2 is 1.73 bits per heavy atom. The van der Waals surface area contributed by atoms with Gasteiger partial charge >= 0.3 is 6.03 Å². The Hall–Kier alpha value is -0.890. The average Bonchev–Trinajstić information content (AvgIpc) is 2.51. The first-order valence-electron chi connectivity index (χ1n) is 4.43. The molecule has 15 heavy (non-hydrogen) atoms. The van der Waals surface area contributed by atoms with Gasteiger partial charge in [-0.1, -0.05) is 0 Å². The van der Waals surface area contributed by atoms with Crippen molar-refractivity contribution in [2.75, 3.05) is 34.8 Å². The van der Waals surface area contributed by atoms with Gasteiger partial charge in [-0.05, 0) is 0 Å². The Morgan fingerprint density at radius 1 is 1.20 bits per heavy atom. The fraction of sp³-hybridized carbons (Fsp3) is 0.875. The lowest BCUT2D eigenvalue weighted by atomic mass is 10.5. The number of amides is 2. The molecule has 1 fully saturated rings. The van der Waals surface area contributed by atoms with E-state index < -0.39 is 19.2 Å². The summed E-state index contributed by atoms with van der Waals surface area (Å²) >= 11 is 0. The SMILES string of the molecule is COCN1C(=O)N(CO)C(OC)C1OC. The van der Waals surface area contributed by atoms with Crippen LogP contribution in [0.2, 0.25) is 0 Å². The van der Waals surface area contributed by atoms with E-state index in [2.05, 4.69) is 0 Å². The van der Waals surface area contributed by atoms with Crippen LogP contribution in [0.25, 0.3) is 0 Å². The van der Waals surface area contributed by atoms with Gasteiger partial charge in [0.1, 0.15) is 13.5 Å². The summed E-state index contributed by atoms with van der Waals surface area (Å²) in [6.45, 7) is -0.328. The lowest BCUT2D eigenvalue weighted by Crippen LogP contribution is -2.40. The van der Waals surface area contributed by atoms with Gasteiger partial charge in [-0.3, -0.25) is 9.80 Å². The van der Waals surface area contributed by atoms with Crippen LogP contribution in [0.4, 0.5) is 4.79 Å². The van der Waals surface area contributed by atoms with Gasteiger partial charge in [-0.25, -0.2) is 4.79 Å². The predicted octanol–water partition coefficient (Wildman–Crippen LogP) is -0.777. The summed E-state index contributed by atoms with van der Waals surface area (Å²) in [4.78, 5) is 14.2. The van der Waals surface area contributed by atoms with Crippen molar-refractivity contribution in [1.29, 1.82) is 0 Å². The van der Waals surface area contributed by atoms with Crippen molar-refractivity contribution in [1.82, 2.24) is 9.80 Å². The third-order valence-electron chi connectivity index (χ3n) is 2.25. The first-order chi connectivity index (χ1) is 7.21. The number of urea groups is 1. The van der Waals surface area contributed by atoms with E-state index in [0.717, 1.165) is 4.90 Å². The maximum Gasteiger partial charge on any atom is 0.328 e. The highest BCUT2D eigenvalue weighted by Crippen LogP contribution is 2.23. The normalized spacial score (nSPS) is 26.5. The number of hydrogen-bond donors (Lipinski definition) is 1. The molecule has 0 spiro atoms. The summed E-state index contributed by atoms with van der Waals surface area (Å²) in [7, 11) is 4.39. The van der Waals surface area contributed by atoms with E-state index in [0.29, 0.717) is 0 Å². The molecule has 1 aliphatic rings. The molecule has 0 aromatic heterocycles. The minimum atomic E-state index is -0.623. The molecule has 2 atom stereocenters. The second-order valence-electron chi connectivity index (χ2n) is 3.03. The van der Waals surface area contributed by atoms with Crippen molar-refractivity contribution < 1.29 is 24.1 Å². The van der Waals surface area contributed by atoms with Gasteiger partial charge in [0.15, 0.2) is 12.5 Å². The van der Waals surface area contributed by atoms with Gasteiger partial charge in [0, 0.05) is 21.3 Å². The maximum atomic E-state index is 11.7. The van der Waals surface area contributed by atoms with Gasteiger partial charge in [0.2, 0.25) is 0 Å². The molecule has 1 rings (SSSR count). The fourth-order valence-corrected chi connectivity index (χ4v) is 1.59. The molecule has 0 bridgehead atoms. The lowest BCUT2D eigenvalue weighted by molar-refractivity contribution is -0.129. The standard InChI is InChI=1S/C8H16N2O5/c1-13-5-10-7(15-3)6(14-2)9(4-11)8(10)12/h6-7,11H,4-5H2,1-3H3. The van der Waals surface area contributed by atoms with Crippen LogP contribution in [-0.4, -0.2) is 68.2 Å². The van der Waals surface area contributed by atoms with Crippen molar-refractivity contribution in [3.8, 4) is 0 Å². The Kier molecular flexibility index (Phi) is 4.28. The second kappa shape index (κ2) is 5.26. The van der Waals surface area contributed by atoms with Crippen molar-refractivity contribution in [2.45, 2.75) is 12.5 Å². The quantitative estimate of drug-likeness (QED) is 0.658. The van der Waals surface area contributed by atoms with E-state index in [1.54, 1.807) is 0 Å². The fourth-order valence-electron chi connectivity index (χ4n) is 1.59. The van der Waals surface area contributed by atoms with Gasteiger partial charge in [-0.2, -0.15) is 0 Å². The molecule has 0 aliphatic carbocycles. The smallest absolute Gasteiger partial charge is 0.328 e. The molecule has 0 saturated carbocycles. The zero-order valence-electron chi connectivity index (χ0n) is 9.04. The van der Waals surface area contributed by atoms with Crippen LogP contribution in [0.1, 0.15) is 0 Å². The van der Waals surface area contributed by atoms with Gasteiger partial charge in [-0.15, -0.1) is 0 Å². The van der Waals surface area contributed by atoms with Crippen LogP contribution < -0.4 is 0 Å². The van der Waals surface area contributed by atoms with Crippen LogP contribution in [0.3, 0.4) is 0 Å². The number of ether oxygens (including phenoxy) is 3. The van der Waals surface area contributed by atoms with Crippen molar-refractivity contribution in [3.05, 3.63) is 0 Å². The molecule has 0 aromatic rings. The van der Waals surface area contributed by atoms with Gasteiger partial charge in [0.25, 0.3) is 0 Å². The zero-order valence-corrected chi connectivity index (χ0v) is 9.04. The number of methoxy groups -OCH3 is 3. The lowest BCUT2D eigenvalue weighted by Gasteiger charge is -2.23. The molecule has 7 heteroatoms. The van der Waals surface area contributed by atoms with Crippen molar-refractivity contribution in [3.63, 3.8) is 0 Å². The molecule has 1 N–H and O–H groups in total. The molecule has 0 aromatic carbocycles. The largest absolute Gasteiger partial charge is 0.376 e. The molecular weight excluding hydrogens is 204 g/mol. The van der Waals surface area contributed by atoms with E-state index in [1.807, 2.05) is 0 Å². The van der Waals surface area contributed by atoms with E-state index in [1.165, 1.54) is 26.2 Å². The maximum absolute atomic E-state index is 11.7. The summed E-state index contributed by atoms with van der Waals surface area (Å²) in [5.41, 5.74) is 0. The number of nitrogens with zero attached hydrogens (tertiary/aromatic N) is 2. The van der Waals surface area contributed by atoms with Crippen LogP contribution in [0, 0.1) is 0 Å². The molecule has 0 radical (unpaired) electrons. The number of carbonyl (C=O) groups excluding carboxylic acids is 1. The van der Waals surface area contributed by atoms with Gasteiger partial charge in [0.05, 0.1) is 0 Å². The number of hydrogen-bond acceptors (Lipinski definition) is 5. The van der Waals surface area contributed by atoms with Crippen molar-refractivity contribution in [2.24, 2.45) is 0 Å². The number of carbonyl (C=O) groups is 1. The topological polar surface area (TPSA) is 71.5 Å². The third-order valence-corrected chi connectivity index (χ3v) is 2.25. The first-order valence-corrected chi connectivity index (χ1v) is 4.43.